The summed E-state index contributed by atoms with van der Waals surface area (Å²) in [7, 11) is 0. The Morgan fingerprint density at radius 1 is 1.19 bits per heavy atom. The number of rotatable bonds is 4. The van der Waals surface area contributed by atoms with Crippen LogP contribution in [-0.2, 0) is 13.0 Å². The van der Waals surface area contributed by atoms with Gasteiger partial charge in [-0.15, -0.1) is 0 Å². The van der Waals surface area contributed by atoms with Crippen LogP contribution in [0.25, 0.3) is 11.0 Å². The molecular formula is C23H25NO3. The third kappa shape index (κ3) is 3.26. The van der Waals surface area contributed by atoms with Gasteiger partial charge in [-0.2, -0.15) is 0 Å². The van der Waals surface area contributed by atoms with E-state index in [1.165, 1.54) is 5.56 Å². The van der Waals surface area contributed by atoms with Crippen molar-refractivity contribution < 1.29 is 9.15 Å². The summed E-state index contributed by atoms with van der Waals surface area (Å²) in [6.45, 7) is 7.65. The molecule has 1 aliphatic rings. The molecule has 0 N–H and O–H groups in total. The second kappa shape index (κ2) is 7.20. The van der Waals surface area contributed by atoms with E-state index in [0.717, 1.165) is 47.2 Å². The average Bonchev–Trinajstić information content (AvgIpc) is 2.69. The minimum Gasteiger partial charge on any atom is -0.477 e. The van der Waals surface area contributed by atoms with Gasteiger partial charge in [0.2, 0.25) is 0 Å². The van der Waals surface area contributed by atoms with Gasteiger partial charge >= 0.3 is 5.63 Å². The van der Waals surface area contributed by atoms with Crippen molar-refractivity contribution in [3.05, 3.63) is 75.1 Å². The summed E-state index contributed by atoms with van der Waals surface area (Å²) in [6.07, 6.45) is 1.85. The number of hydrogen-bond donors (Lipinski definition) is 0. The molecule has 0 radical (unpaired) electrons. The fourth-order valence-electron chi connectivity index (χ4n) is 3.97. The highest BCUT2D eigenvalue weighted by Gasteiger charge is 2.26. The standard InChI is InChI=1S/C23H25NO3/c1-4-8-18-12-21(25)27-23-15(2)22-19(11-20(18)23)13-24(14-26-22)16(3)17-9-6-5-7-10-17/h5-7,9-12,16H,4,8,13-14H2,1-3H3/t16-/m0/s1. The average molecular weight is 363 g/mol. The Hall–Kier alpha value is -2.59. The fraction of sp³-hybridized carbons (Fsp3) is 0.348. The molecule has 4 heteroatoms. The summed E-state index contributed by atoms with van der Waals surface area (Å²) in [4.78, 5) is 14.3. The molecule has 140 valence electrons. The molecule has 27 heavy (non-hydrogen) atoms. The Morgan fingerprint density at radius 3 is 2.70 bits per heavy atom. The fourth-order valence-corrected chi connectivity index (χ4v) is 3.97. The predicted octanol–water partition coefficient (Wildman–Crippen LogP) is 4.97. The number of hydrogen-bond acceptors (Lipinski definition) is 4. The molecule has 1 aromatic heterocycles. The van der Waals surface area contributed by atoms with Crippen LogP contribution in [0, 0.1) is 6.92 Å². The Balaban J connectivity index is 1.76. The first-order chi connectivity index (χ1) is 13.1. The van der Waals surface area contributed by atoms with Gasteiger partial charge in [0, 0.05) is 35.2 Å². The van der Waals surface area contributed by atoms with Gasteiger partial charge in [-0.05, 0) is 37.5 Å². The quantitative estimate of drug-likeness (QED) is 0.614. The maximum atomic E-state index is 12.0. The summed E-state index contributed by atoms with van der Waals surface area (Å²) in [5, 5.41) is 1.03. The molecule has 0 unspecified atom stereocenters. The molecule has 4 nitrogen and oxygen atoms in total. The Morgan fingerprint density at radius 2 is 1.96 bits per heavy atom. The van der Waals surface area contributed by atoms with E-state index in [2.05, 4.69) is 49.1 Å². The number of benzene rings is 2. The van der Waals surface area contributed by atoms with Crippen LogP contribution >= 0.6 is 0 Å². The second-order valence-electron chi connectivity index (χ2n) is 7.31. The van der Waals surface area contributed by atoms with E-state index in [1.54, 1.807) is 6.07 Å². The SMILES string of the molecule is CCCc1cc(=O)oc2c(C)c3c(cc12)CN([C@@H](C)c1ccccc1)CO3. The lowest BCUT2D eigenvalue weighted by Crippen LogP contribution is -2.34. The molecule has 0 saturated heterocycles. The zero-order valence-corrected chi connectivity index (χ0v) is 16.1. The van der Waals surface area contributed by atoms with Gasteiger partial charge in [-0.3, -0.25) is 4.90 Å². The van der Waals surface area contributed by atoms with Crippen molar-refractivity contribution in [2.75, 3.05) is 6.73 Å². The first kappa shape index (κ1) is 17.8. The van der Waals surface area contributed by atoms with Gasteiger partial charge in [0.25, 0.3) is 0 Å². The van der Waals surface area contributed by atoms with E-state index in [1.807, 2.05) is 13.0 Å². The largest absolute Gasteiger partial charge is 0.477 e. The van der Waals surface area contributed by atoms with Crippen LogP contribution in [0.4, 0.5) is 0 Å². The normalized spacial score (nSPS) is 15.4. The number of ether oxygens (including phenoxy) is 1. The number of fused-ring (bicyclic) bond motifs is 2. The molecule has 0 spiro atoms. The lowest BCUT2D eigenvalue weighted by Gasteiger charge is -2.34. The van der Waals surface area contributed by atoms with Crippen molar-refractivity contribution in [1.82, 2.24) is 4.90 Å². The van der Waals surface area contributed by atoms with Gasteiger partial charge in [-0.25, -0.2) is 4.79 Å². The molecule has 1 aliphatic heterocycles. The van der Waals surface area contributed by atoms with Crippen LogP contribution in [0.3, 0.4) is 0 Å². The lowest BCUT2D eigenvalue weighted by molar-refractivity contribution is 0.0613. The Bertz CT molecular complexity index is 1020. The Labute approximate surface area is 159 Å². The van der Waals surface area contributed by atoms with Crippen LogP contribution < -0.4 is 10.4 Å². The molecule has 2 heterocycles. The van der Waals surface area contributed by atoms with Gasteiger partial charge in [0.15, 0.2) is 0 Å². The smallest absolute Gasteiger partial charge is 0.336 e. The first-order valence-corrected chi connectivity index (χ1v) is 9.59. The molecule has 1 atom stereocenters. The molecule has 2 aromatic carbocycles. The third-order valence-electron chi connectivity index (χ3n) is 5.47. The predicted molar refractivity (Wildman–Crippen MR) is 107 cm³/mol. The zero-order chi connectivity index (χ0) is 19.0. The molecular weight excluding hydrogens is 338 g/mol. The van der Waals surface area contributed by atoms with Crippen molar-refractivity contribution in [3.63, 3.8) is 0 Å². The molecule has 0 bridgehead atoms. The van der Waals surface area contributed by atoms with Gasteiger partial charge < -0.3 is 9.15 Å². The minimum atomic E-state index is -0.288. The van der Waals surface area contributed by atoms with Crippen LogP contribution in [0.15, 0.2) is 51.7 Å². The highest BCUT2D eigenvalue weighted by molar-refractivity contribution is 5.86. The minimum absolute atomic E-state index is 0.263. The summed E-state index contributed by atoms with van der Waals surface area (Å²) >= 11 is 0. The van der Waals surface area contributed by atoms with Crippen molar-refractivity contribution >= 4 is 11.0 Å². The van der Waals surface area contributed by atoms with Gasteiger partial charge in [-0.1, -0.05) is 43.7 Å². The highest BCUT2D eigenvalue weighted by atomic mass is 16.5. The summed E-state index contributed by atoms with van der Waals surface area (Å²) in [5.41, 5.74) is 4.78. The first-order valence-electron chi connectivity index (χ1n) is 9.59. The lowest BCUT2D eigenvalue weighted by atomic mass is 9.98. The van der Waals surface area contributed by atoms with E-state index in [9.17, 15) is 4.79 Å². The summed E-state index contributed by atoms with van der Waals surface area (Å²) in [5.74, 6) is 0.857. The molecule has 3 aromatic rings. The van der Waals surface area contributed by atoms with Crippen LogP contribution in [0.5, 0.6) is 5.75 Å². The molecule has 0 fully saturated rings. The molecule has 0 saturated carbocycles. The van der Waals surface area contributed by atoms with Gasteiger partial charge in [0.1, 0.15) is 18.1 Å². The van der Waals surface area contributed by atoms with Crippen LogP contribution in [0.1, 0.15) is 48.6 Å². The van der Waals surface area contributed by atoms with E-state index >= 15 is 0 Å². The van der Waals surface area contributed by atoms with E-state index in [4.69, 9.17) is 9.15 Å². The van der Waals surface area contributed by atoms with Crippen molar-refractivity contribution in [3.8, 4) is 5.75 Å². The van der Waals surface area contributed by atoms with E-state index in [0.29, 0.717) is 12.3 Å². The Kier molecular flexibility index (Phi) is 4.75. The van der Waals surface area contributed by atoms with Crippen LogP contribution in [0.2, 0.25) is 0 Å². The molecule has 0 aliphatic carbocycles. The maximum Gasteiger partial charge on any atom is 0.336 e. The van der Waals surface area contributed by atoms with Crippen molar-refractivity contribution in [1.29, 1.82) is 0 Å². The van der Waals surface area contributed by atoms with Crippen molar-refractivity contribution in [2.24, 2.45) is 0 Å². The zero-order valence-electron chi connectivity index (χ0n) is 16.1. The molecule has 0 amide bonds. The number of aryl methyl sites for hydroxylation is 2. The van der Waals surface area contributed by atoms with E-state index < -0.39 is 0 Å². The highest BCUT2D eigenvalue weighted by Crippen LogP contribution is 2.37. The monoisotopic (exact) mass is 363 g/mol. The number of nitrogens with zero attached hydrogens (tertiary/aromatic N) is 1. The van der Waals surface area contributed by atoms with E-state index in [-0.39, 0.29) is 11.7 Å². The van der Waals surface area contributed by atoms with Crippen LogP contribution in [-0.4, -0.2) is 11.6 Å². The van der Waals surface area contributed by atoms with Crippen molar-refractivity contribution in [2.45, 2.75) is 46.2 Å². The topological polar surface area (TPSA) is 42.7 Å². The summed E-state index contributed by atoms with van der Waals surface area (Å²) < 4.78 is 11.7. The summed E-state index contributed by atoms with van der Waals surface area (Å²) in [6, 6.07) is 14.5. The van der Waals surface area contributed by atoms with Gasteiger partial charge in [0.05, 0.1) is 0 Å². The second-order valence-corrected chi connectivity index (χ2v) is 7.31. The molecule has 4 rings (SSSR count). The third-order valence-corrected chi connectivity index (χ3v) is 5.47. The maximum absolute atomic E-state index is 12.0.